The molecule has 0 atom stereocenters. The lowest BCUT2D eigenvalue weighted by Crippen LogP contribution is -2.14. The third-order valence-corrected chi connectivity index (χ3v) is 5.39. The number of anilines is 1. The van der Waals surface area contributed by atoms with Crippen LogP contribution in [0.25, 0.3) is 0 Å². The Kier molecular flexibility index (Phi) is 5.95. The first kappa shape index (κ1) is 18.2. The zero-order valence-corrected chi connectivity index (χ0v) is 15.2. The van der Waals surface area contributed by atoms with E-state index in [0.29, 0.717) is 28.3 Å². The summed E-state index contributed by atoms with van der Waals surface area (Å²) in [6.07, 6.45) is 2.31. The van der Waals surface area contributed by atoms with E-state index in [-0.39, 0.29) is 11.7 Å². The topological polar surface area (TPSA) is 59.8 Å². The number of halogens is 2. The maximum atomic E-state index is 12.3. The van der Waals surface area contributed by atoms with Gasteiger partial charge in [0.15, 0.2) is 5.16 Å². The first-order chi connectivity index (χ1) is 12.1. The molecule has 0 aliphatic heterocycles. The van der Waals surface area contributed by atoms with Gasteiger partial charge >= 0.3 is 0 Å². The van der Waals surface area contributed by atoms with Gasteiger partial charge in [-0.15, -0.1) is 10.2 Å². The standard InChI is InChI=1S/C16H18F2N4OS2/c1-2-22-14(10-3-4-10)20-21-16(22)24-9-13(23)19-11-5-7-12(8-6-11)25-15(17)18/h5-8,10,15H,2-4,9H2,1H3,(H,19,23). The molecule has 1 N–H and O–H groups in total. The van der Waals surface area contributed by atoms with Crippen molar-refractivity contribution in [3.8, 4) is 0 Å². The van der Waals surface area contributed by atoms with Gasteiger partial charge in [0.2, 0.25) is 5.91 Å². The van der Waals surface area contributed by atoms with Crippen LogP contribution in [0.4, 0.5) is 14.5 Å². The van der Waals surface area contributed by atoms with Gasteiger partial charge in [-0.05, 0) is 44.0 Å². The number of aromatic nitrogens is 3. The van der Waals surface area contributed by atoms with Crippen LogP contribution in [-0.2, 0) is 11.3 Å². The summed E-state index contributed by atoms with van der Waals surface area (Å²) in [5.74, 6) is -0.875. The molecule has 1 amide bonds. The summed E-state index contributed by atoms with van der Waals surface area (Å²) in [4.78, 5) is 12.6. The molecule has 9 heteroatoms. The lowest BCUT2D eigenvalue weighted by molar-refractivity contribution is -0.113. The molecule has 1 heterocycles. The van der Waals surface area contributed by atoms with Crippen molar-refractivity contribution < 1.29 is 13.6 Å². The Labute approximate surface area is 153 Å². The number of thioether (sulfide) groups is 2. The number of nitrogens with zero attached hydrogens (tertiary/aromatic N) is 3. The van der Waals surface area contributed by atoms with Crippen LogP contribution in [0.1, 0.15) is 31.5 Å². The predicted octanol–water partition coefficient (Wildman–Crippen LogP) is 4.22. The van der Waals surface area contributed by atoms with Crippen molar-refractivity contribution in [2.75, 3.05) is 11.1 Å². The van der Waals surface area contributed by atoms with Gasteiger partial charge in [0, 0.05) is 23.0 Å². The Morgan fingerprint density at radius 3 is 2.64 bits per heavy atom. The molecule has 0 bridgehead atoms. The molecule has 1 saturated carbocycles. The number of carbonyl (C=O) groups excluding carboxylic acids is 1. The van der Waals surface area contributed by atoms with Crippen molar-refractivity contribution in [3.05, 3.63) is 30.1 Å². The van der Waals surface area contributed by atoms with Gasteiger partial charge < -0.3 is 9.88 Å². The molecule has 1 aromatic carbocycles. The van der Waals surface area contributed by atoms with Crippen molar-refractivity contribution >= 4 is 35.1 Å². The van der Waals surface area contributed by atoms with Crippen LogP contribution < -0.4 is 5.32 Å². The van der Waals surface area contributed by atoms with Crippen molar-refractivity contribution in [3.63, 3.8) is 0 Å². The van der Waals surface area contributed by atoms with E-state index in [0.717, 1.165) is 30.4 Å². The van der Waals surface area contributed by atoms with Gasteiger partial charge in [-0.25, -0.2) is 0 Å². The molecular formula is C16H18F2N4OS2. The maximum Gasteiger partial charge on any atom is 0.288 e. The zero-order chi connectivity index (χ0) is 17.8. The molecule has 0 saturated heterocycles. The average Bonchev–Trinajstić information content (AvgIpc) is 3.34. The highest BCUT2D eigenvalue weighted by molar-refractivity contribution is 8.00. The van der Waals surface area contributed by atoms with Crippen molar-refractivity contribution in [2.45, 2.75) is 48.0 Å². The fourth-order valence-corrected chi connectivity index (χ4v) is 3.70. The molecule has 0 unspecified atom stereocenters. The minimum Gasteiger partial charge on any atom is -0.325 e. The summed E-state index contributed by atoms with van der Waals surface area (Å²) in [6, 6.07) is 6.37. The average molecular weight is 384 g/mol. The minimum atomic E-state index is -2.45. The number of amides is 1. The highest BCUT2D eigenvalue weighted by atomic mass is 32.2. The molecule has 1 aliphatic carbocycles. The molecule has 0 spiro atoms. The van der Waals surface area contributed by atoms with Crippen LogP contribution in [0.2, 0.25) is 0 Å². The Morgan fingerprint density at radius 1 is 1.32 bits per heavy atom. The third-order valence-electron chi connectivity index (χ3n) is 3.70. The number of carbonyl (C=O) groups is 1. The Bertz CT molecular complexity index is 732. The third kappa shape index (κ3) is 4.94. The predicted molar refractivity (Wildman–Crippen MR) is 95.3 cm³/mol. The second-order valence-corrected chi connectivity index (χ2v) is 7.60. The summed E-state index contributed by atoms with van der Waals surface area (Å²) in [5, 5.41) is 11.9. The smallest absolute Gasteiger partial charge is 0.288 e. The molecule has 0 radical (unpaired) electrons. The Balaban J connectivity index is 1.53. The molecule has 1 fully saturated rings. The zero-order valence-electron chi connectivity index (χ0n) is 13.6. The summed E-state index contributed by atoms with van der Waals surface area (Å²) >= 11 is 1.83. The summed E-state index contributed by atoms with van der Waals surface area (Å²) in [7, 11) is 0. The second-order valence-electron chi connectivity index (χ2n) is 5.60. The molecule has 25 heavy (non-hydrogen) atoms. The van der Waals surface area contributed by atoms with E-state index in [1.54, 1.807) is 24.3 Å². The van der Waals surface area contributed by atoms with E-state index >= 15 is 0 Å². The minimum absolute atomic E-state index is 0.169. The van der Waals surface area contributed by atoms with Crippen LogP contribution >= 0.6 is 23.5 Å². The first-order valence-electron chi connectivity index (χ1n) is 7.97. The second kappa shape index (κ2) is 8.18. The van der Waals surface area contributed by atoms with E-state index in [9.17, 15) is 13.6 Å². The molecule has 1 aliphatic rings. The molecular weight excluding hydrogens is 366 g/mol. The van der Waals surface area contributed by atoms with Gasteiger partial charge in [0.25, 0.3) is 5.76 Å². The number of alkyl halides is 2. The van der Waals surface area contributed by atoms with E-state index in [1.165, 1.54) is 11.8 Å². The normalized spacial score (nSPS) is 14.1. The van der Waals surface area contributed by atoms with E-state index in [4.69, 9.17) is 0 Å². The van der Waals surface area contributed by atoms with Crippen molar-refractivity contribution in [1.29, 1.82) is 0 Å². The van der Waals surface area contributed by atoms with Crippen molar-refractivity contribution in [1.82, 2.24) is 14.8 Å². The van der Waals surface area contributed by atoms with Gasteiger partial charge in [-0.3, -0.25) is 4.79 Å². The number of hydrogen-bond donors (Lipinski definition) is 1. The van der Waals surface area contributed by atoms with Gasteiger partial charge in [-0.1, -0.05) is 23.5 Å². The van der Waals surface area contributed by atoms with Crippen LogP contribution in [0.5, 0.6) is 0 Å². The first-order valence-corrected chi connectivity index (χ1v) is 9.84. The molecule has 3 rings (SSSR count). The molecule has 5 nitrogen and oxygen atoms in total. The number of hydrogen-bond acceptors (Lipinski definition) is 5. The largest absolute Gasteiger partial charge is 0.325 e. The highest BCUT2D eigenvalue weighted by Gasteiger charge is 2.30. The fraction of sp³-hybridized carbons (Fsp3) is 0.438. The fourth-order valence-electron chi connectivity index (χ4n) is 2.39. The molecule has 134 valence electrons. The van der Waals surface area contributed by atoms with E-state index in [1.807, 2.05) is 6.92 Å². The van der Waals surface area contributed by atoms with E-state index < -0.39 is 5.76 Å². The van der Waals surface area contributed by atoms with E-state index in [2.05, 4.69) is 20.1 Å². The summed E-state index contributed by atoms with van der Waals surface area (Å²) in [5.41, 5.74) is 0.583. The summed E-state index contributed by atoms with van der Waals surface area (Å²) < 4.78 is 26.6. The van der Waals surface area contributed by atoms with Crippen LogP contribution in [0.3, 0.4) is 0 Å². The number of nitrogens with one attached hydrogen (secondary N) is 1. The Morgan fingerprint density at radius 2 is 2.04 bits per heavy atom. The monoisotopic (exact) mass is 384 g/mol. The van der Waals surface area contributed by atoms with Crippen molar-refractivity contribution in [2.24, 2.45) is 0 Å². The van der Waals surface area contributed by atoms with Crippen LogP contribution in [-0.4, -0.2) is 32.2 Å². The lowest BCUT2D eigenvalue weighted by atomic mass is 10.3. The molecule has 1 aromatic heterocycles. The highest BCUT2D eigenvalue weighted by Crippen LogP contribution is 2.40. The number of rotatable bonds is 8. The molecule has 2 aromatic rings. The van der Waals surface area contributed by atoms with Crippen LogP contribution in [0.15, 0.2) is 34.3 Å². The van der Waals surface area contributed by atoms with Gasteiger partial charge in [-0.2, -0.15) is 8.78 Å². The van der Waals surface area contributed by atoms with Crippen LogP contribution in [0, 0.1) is 0 Å². The Hall–Kier alpha value is -1.61. The SMILES string of the molecule is CCn1c(SCC(=O)Nc2ccc(SC(F)F)cc2)nnc1C1CC1. The number of benzene rings is 1. The summed E-state index contributed by atoms with van der Waals surface area (Å²) in [6.45, 7) is 2.82. The van der Waals surface area contributed by atoms with Gasteiger partial charge in [0.05, 0.1) is 5.75 Å². The van der Waals surface area contributed by atoms with Gasteiger partial charge in [0.1, 0.15) is 5.82 Å². The maximum absolute atomic E-state index is 12.3. The lowest BCUT2D eigenvalue weighted by Gasteiger charge is -2.08. The quantitative estimate of drug-likeness (QED) is 0.691.